The molecular formula is C11H18N2O3. The fourth-order valence-corrected chi connectivity index (χ4v) is 1.03. The summed E-state index contributed by atoms with van der Waals surface area (Å²) < 4.78 is 10.7. The summed E-state index contributed by atoms with van der Waals surface area (Å²) in [6, 6.07) is 3.36. The molecule has 0 spiro atoms. The first kappa shape index (κ1) is 12.9. The summed E-state index contributed by atoms with van der Waals surface area (Å²) in [7, 11) is 0. The fourth-order valence-electron chi connectivity index (χ4n) is 1.03. The maximum atomic E-state index is 8.76. The van der Waals surface area contributed by atoms with Crippen molar-refractivity contribution in [3.05, 3.63) is 17.8 Å². The summed E-state index contributed by atoms with van der Waals surface area (Å²) in [5, 5.41) is 16.3. The number of aliphatic hydroxyl groups is 1. The highest BCUT2D eigenvalue weighted by Crippen LogP contribution is 2.04. The van der Waals surface area contributed by atoms with Gasteiger partial charge in [-0.2, -0.15) is 0 Å². The second-order valence-electron chi connectivity index (χ2n) is 3.84. The Kier molecular flexibility index (Phi) is 5.74. The molecule has 1 heterocycles. The average molecular weight is 226 g/mol. The van der Waals surface area contributed by atoms with Crippen LogP contribution in [0.5, 0.6) is 5.88 Å². The third-order valence-electron chi connectivity index (χ3n) is 1.79. The highest BCUT2D eigenvalue weighted by atomic mass is 16.5. The standard InChI is InChI=1S/C11H18N2O3/c1-9(2)8-15-5-6-16-11-4-3-10(7-14)12-13-11/h3-4,9,14H,5-8H2,1-2H3. The van der Waals surface area contributed by atoms with Crippen molar-refractivity contribution in [2.45, 2.75) is 20.5 Å². The Balaban J connectivity index is 2.16. The van der Waals surface area contributed by atoms with E-state index >= 15 is 0 Å². The Bertz CT molecular complexity index is 288. The molecule has 5 nitrogen and oxygen atoms in total. The number of hydrogen-bond acceptors (Lipinski definition) is 5. The van der Waals surface area contributed by atoms with Gasteiger partial charge in [0.25, 0.3) is 0 Å². The summed E-state index contributed by atoms with van der Waals surface area (Å²) >= 11 is 0. The van der Waals surface area contributed by atoms with Gasteiger partial charge in [-0.25, -0.2) is 0 Å². The Morgan fingerprint density at radius 2 is 2.06 bits per heavy atom. The van der Waals surface area contributed by atoms with Gasteiger partial charge in [-0.3, -0.25) is 0 Å². The van der Waals surface area contributed by atoms with Crippen LogP contribution >= 0.6 is 0 Å². The summed E-state index contributed by atoms with van der Waals surface area (Å²) in [6.07, 6.45) is 0. The highest BCUT2D eigenvalue weighted by Gasteiger charge is 1.98. The normalized spacial score (nSPS) is 10.8. The van der Waals surface area contributed by atoms with Gasteiger partial charge in [0.1, 0.15) is 6.61 Å². The fraction of sp³-hybridized carbons (Fsp3) is 0.636. The van der Waals surface area contributed by atoms with Crippen LogP contribution in [0.1, 0.15) is 19.5 Å². The van der Waals surface area contributed by atoms with E-state index in [2.05, 4.69) is 24.0 Å². The second-order valence-corrected chi connectivity index (χ2v) is 3.84. The predicted octanol–water partition coefficient (Wildman–Crippen LogP) is 1.02. The zero-order valence-electron chi connectivity index (χ0n) is 9.72. The Labute approximate surface area is 95.4 Å². The highest BCUT2D eigenvalue weighted by molar-refractivity contribution is 5.10. The van der Waals surface area contributed by atoms with Gasteiger partial charge >= 0.3 is 0 Å². The number of aromatic nitrogens is 2. The lowest BCUT2D eigenvalue weighted by Gasteiger charge is -2.07. The number of nitrogens with zero attached hydrogens (tertiary/aromatic N) is 2. The van der Waals surface area contributed by atoms with Crippen molar-refractivity contribution in [2.24, 2.45) is 5.92 Å². The van der Waals surface area contributed by atoms with Crippen LogP contribution in [0.3, 0.4) is 0 Å². The minimum Gasteiger partial charge on any atom is -0.474 e. The lowest BCUT2D eigenvalue weighted by Crippen LogP contribution is -2.11. The molecule has 16 heavy (non-hydrogen) atoms. The van der Waals surface area contributed by atoms with E-state index in [1.807, 2.05) is 0 Å². The first-order chi connectivity index (χ1) is 7.72. The molecule has 5 heteroatoms. The van der Waals surface area contributed by atoms with Gasteiger partial charge < -0.3 is 14.6 Å². The zero-order valence-corrected chi connectivity index (χ0v) is 9.72. The topological polar surface area (TPSA) is 64.5 Å². The molecule has 0 amide bonds. The molecule has 1 N–H and O–H groups in total. The van der Waals surface area contributed by atoms with Crippen molar-refractivity contribution >= 4 is 0 Å². The minimum absolute atomic E-state index is 0.106. The first-order valence-electron chi connectivity index (χ1n) is 5.36. The molecule has 0 saturated heterocycles. The minimum atomic E-state index is -0.106. The van der Waals surface area contributed by atoms with Gasteiger partial charge in [0.05, 0.1) is 18.9 Å². The van der Waals surface area contributed by atoms with Crippen molar-refractivity contribution in [1.82, 2.24) is 10.2 Å². The molecule has 0 atom stereocenters. The van der Waals surface area contributed by atoms with Gasteiger partial charge in [-0.15, -0.1) is 10.2 Å². The van der Waals surface area contributed by atoms with E-state index in [4.69, 9.17) is 14.6 Å². The van der Waals surface area contributed by atoms with Gasteiger partial charge in [0, 0.05) is 12.7 Å². The van der Waals surface area contributed by atoms with Crippen molar-refractivity contribution in [3.8, 4) is 5.88 Å². The summed E-state index contributed by atoms with van der Waals surface area (Å²) in [6.45, 7) is 5.82. The molecule has 0 radical (unpaired) electrons. The van der Waals surface area contributed by atoms with Gasteiger partial charge in [-0.05, 0) is 12.0 Å². The molecule has 1 rings (SSSR count). The van der Waals surface area contributed by atoms with Gasteiger partial charge in [0.2, 0.25) is 5.88 Å². The van der Waals surface area contributed by atoms with Gasteiger partial charge in [0.15, 0.2) is 0 Å². The molecule has 0 aromatic carbocycles. The lowest BCUT2D eigenvalue weighted by molar-refractivity contribution is 0.0803. The maximum absolute atomic E-state index is 8.76. The molecular weight excluding hydrogens is 208 g/mol. The van der Waals surface area contributed by atoms with Crippen LogP contribution in [0.15, 0.2) is 12.1 Å². The molecule has 0 unspecified atom stereocenters. The molecule has 1 aromatic rings. The van der Waals surface area contributed by atoms with E-state index in [1.165, 1.54) is 0 Å². The summed E-state index contributed by atoms with van der Waals surface area (Å²) in [5.41, 5.74) is 0.531. The largest absolute Gasteiger partial charge is 0.474 e. The number of aliphatic hydroxyl groups excluding tert-OH is 1. The van der Waals surface area contributed by atoms with Crippen LogP contribution in [0.2, 0.25) is 0 Å². The van der Waals surface area contributed by atoms with Crippen LogP contribution in [0, 0.1) is 5.92 Å². The maximum Gasteiger partial charge on any atom is 0.233 e. The number of rotatable bonds is 7. The van der Waals surface area contributed by atoms with E-state index in [-0.39, 0.29) is 6.61 Å². The quantitative estimate of drug-likeness (QED) is 0.703. The molecule has 1 aromatic heterocycles. The van der Waals surface area contributed by atoms with Crippen molar-refractivity contribution < 1.29 is 14.6 Å². The molecule has 0 saturated carbocycles. The monoisotopic (exact) mass is 226 g/mol. The van der Waals surface area contributed by atoms with Crippen molar-refractivity contribution in [2.75, 3.05) is 19.8 Å². The second kappa shape index (κ2) is 7.14. The first-order valence-corrected chi connectivity index (χ1v) is 5.36. The smallest absolute Gasteiger partial charge is 0.233 e. The Morgan fingerprint density at radius 1 is 1.25 bits per heavy atom. The number of ether oxygens (including phenoxy) is 2. The Morgan fingerprint density at radius 3 is 2.62 bits per heavy atom. The lowest BCUT2D eigenvalue weighted by atomic mass is 10.2. The van der Waals surface area contributed by atoms with E-state index in [0.29, 0.717) is 30.7 Å². The van der Waals surface area contributed by atoms with Crippen LogP contribution in [0.4, 0.5) is 0 Å². The van der Waals surface area contributed by atoms with E-state index in [0.717, 1.165) is 6.61 Å². The van der Waals surface area contributed by atoms with Crippen LogP contribution in [0.25, 0.3) is 0 Å². The number of hydrogen-bond donors (Lipinski definition) is 1. The molecule has 90 valence electrons. The molecule has 0 fully saturated rings. The van der Waals surface area contributed by atoms with Crippen LogP contribution in [-0.4, -0.2) is 35.1 Å². The molecule has 0 aliphatic heterocycles. The van der Waals surface area contributed by atoms with E-state index in [9.17, 15) is 0 Å². The van der Waals surface area contributed by atoms with Crippen LogP contribution < -0.4 is 4.74 Å². The zero-order chi connectivity index (χ0) is 11.8. The van der Waals surface area contributed by atoms with E-state index in [1.54, 1.807) is 12.1 Å². The summed E-state index contributed by atoms with van der Waals surface area (Å²) in [5.74, 6) is 0.981. The molecule has 0 aliphatic carbocycles. The van der Waals surface area contributed by atoms with Crippen molar-refractivity contribution in [1.29, 1.82) is 0 Å². The van der Waals surface area contributed by atoms with Crippen LogP contribution in [-0.2, 0) is 11.3 Å². The Hall–Kier alpha value is -1.20. The van der Waals surface area contributed by atoms with Gasteiger partial charge in [-0.1, -0.05) is 13.8 Å². The molecule has 0 bridgehead atoms. The molecule has 0 aliphatic rings. The SMILES string of the molecule is CC(C)COCCOc1ccc(CO)nn1. The van der Waals surface area contributed by atoms with Crippen molar-refractivity contribution in [3.63, 3.8) is 0 Å². The summed E-state index contributed by atoms with van der Waals surface area (Å²) in [4.78, 5) is 0. The predicted molar refractivity (Wildman–Crippen MR) is 59.1 cm³/mol. The third-order valence-corrected chi connectivity index (χ3v) is 1.79. The van der Waals surface area contributed by atoms with E-state index < -0.39 is 0 Å². The average Bonchev–Trinajstić information content (AvgIpc) is 2.29. The third kappa shape index (κ3) is 5.04.